The lowest BCUT2D eigenvalue weighted by Crippen LogP contribution is -2.33. The van der Waals surface area contributed by atoms with E-state index in [0.29, 0.717) is 5.69 Å². The lowest BCUT2D eigenvalue weighted by molar-refractivity contribution is 0.0752. The number of carbonyl (C=O) groups is 1. The van der Waals surface area contributed by atoms with E-state index in [-0.39, 0.29) is 11.7 Å². The normalized spacial score (nSPS) is 18.4. The molecule has 2 aromatic rings. The zero-order valence-electron chi connectivity index (χ0n) is 14.1. The van der Waals surface area contributed by atoms with Crippen LogP contribution >= 0.6 is 0 Å². The van der Waals surface area contributed by atoms with Crippen LogP contribution in [0.1, 0.15) is 49.5 Å². The fourth-order valence-corrected chi connectivity index (χ4v) is 3.49. The molecule has 1 fully saturated rings. The summed E-state index contributed by atoms with van der Waals surface area (Å²) >= 11 is 0. The number of rotatable bonds is 4. The topological polar surface area (TPSA) is 38.1 Å². The van der Waals surface area contributed by atoms with E-state index in [2.05, 4.69) is 11.9 Å². The van der Waals surface area contributed by atoms with Crippen LogP contribution in [0.5, 0.6) is 0 Å². The molecule has 1 unspecified atom stereocenters. The zero-order chi connectivity index (χ0) is 16.9. The molecule has 0 aliphatic carbocycles. The summed E-state index contributed by atoms with van der Waals surface area (Å²) in [6, 6.07) is 6.11. The molecule has 24 heavy (non-hydrogen) atoms. The number of carbonyl (C=O) groups excluding carboxylic acids is 1. The second-order valence-electron chi connectivity index (χ2n) is 6.50. The Morgan fingerprint density at radius 3 is 2.79 bits per heavy atom. The Morgan fingerprint density at radius 1 is 1.25 bits per heavy atom. The second kappa shape index (κ2) is 7.60. The molecular formula is C19H24FN3O. The van der Waals surface area contributed by atoms with Crippen molar-refractivity contribution in [1.29, 1.82) is 0 Å². The number of nitrogens with zero attached hydrogens (tertiary/aromatic N) is 3. The summed E-state index contributed by atoms with van der Waals surface area (Å²) < 4.78 is 14.9. The largest absolute Gasteiger partial charge is 0.337 e. The van der Waals surface area contributed by atoms with Crippen LogP contribution in [0.15, 0.2) is 36.8 Å². The number of hydrogen-bond donors (Lipinski definition) is 0. The van der Waals surface area contributed by atoms with Crippen LogP contribution < -0.4 is 0 Å². The summed E-state index contributed by atoms with van der Waals surface area (Å²) in [4.78, 5) is 19.0. The Bertz CT molecular complexity index is 680. The number of aromatic nitrogens is 2. The van der Waals surface area contributed by atoms with E-state index in [0.717, 1.165) is 37.5 Å². The van der Waals surface area contributed by atoms with Crippen LogP contribution in [-0.4, -0.2) is 33.4 Å². The maximum atomic E-state index is 13.1. The average molecular weight is 329 g/mol. The molecule has 1 aliphatic heterocycles. The molecule has 1 atom stereocenters. The summed E-state index contributed by atoms with van der Waals surface area (Å²) in [5, 5.41) is 0. The van der Waals surface area contributed by atoms with Gasteiger partial charge in [-0.1, -0.05) is 19.8 Å². The third-order valence-corrected chi connectivity index (χ3v) is 4.79. The predicted octanol–water partition coefficient (Wildman–Crippen LogP) is 4.05. The Balaban J connectivity index is 1.76. The fraction of sp³-hybridized carbons (Fsp3) is 0.474. The van der Waals surface area contributed by atoms with Gasteiger partial charge in [-0.05, 0) is 49.4 Å². The second-order valence-corrected chi connectivity index (χ2v) is 6.50. The molecular weight excluding hydrogens is 305 g/mol. The van der Waals surface area contributed by atoms with Gasteiger partial charge in [0, 0.05) is 18.8 Å². The van der Waals surface area contributed by atoms with E-state index in [1.807, 2.05) is 4.90 Å². The molecule has 0 N–H and O–H groups in total. The predicted molar refractivity (Wildman–Crippen MR) is 91.7 cm³/mol. The molecule has 128 valence electrons. The molecule has 0 radical (unpaired) electrons. The monoisotopic (exact) mass is 329 g/mol. The van der Waals surface area contributed by atoms with Gasteiger partial charge in [-0.25, -0.2) is 9.37 Å². The Hall–Kier alpha value is -2.17. The molecule has 1 aromatic carbocycles. The Labute approximate surface area is 142 Å². The molecule has 1 aromatic heterocycles. The molecule has 5 heteroatoms. The standard InChI is InChI=1S/C19H24FN3O/c1-2-4-15-5-3-11-22(12-10-15)19(24)18-13-21-14-23(18)17-8-6-16(20)7-9-17/h6-9,13-15H,2-5,10-12H2,1H3. The zero-order valence-corrected chi connectivity index (χ0v) is 14.1. The molecule has 1 amide bonds. The van der Waals surface area contributed by atoms with Crippen molar-refractivity contribution in [2.45, 2.75) is 39.0 Å². The lowest BCUT2D eigenvalue weighted by atomic mass is 9.96. The molecule has 0 spiro atoms. The van der Waals surface area contributed by atoms with Gasteiger partial charge in [-0.15, -0.1) is 0 Å². The van der Waals surface area contributed by atoms with E-state index in [1.165, 1.54) is 31.4 Å². The molecule has 3 rings (SSSR count). The van der Waals surface area contributed by atoms with Crippen LogP contribution in [0.2, 0.25) is 0 Å². The van der Waals surface area contributed by atoms with Gasteiger partial charge in [0.1, 0.15) is 11.5 Å². The van der Waals surface area contributed by atoms with Gasteiger partial charge in [0.25, 0.3) is 5.91 Å². The maximum Gasteiger partial charge on any atom is 0.272 e. The quantitative estimate of drug-likeness (QED) is 0.848. The lowest BCUT2D eigenvalue weighted by Gasteiger charge is -2.21. The summed E-state index contributed by atoms with van der Waals surface area (Å²) in [5.74, 6) is 0.449. The van der Waals surface area contributed by atoms with Crippen LogP contribution in [0.4, 0.5) is 4.39 Å². The minimum atomic E-state index is -0.291. The highest BCUT2D eigenvalue weighted by Gasteiger charge is 2.23. The summed E-state index contributed by atoms with van der Waals surface area (Å²) in [5.41, 5.74) is 1.28. The van der Waals surface area contributed by atoms with E-state index in [1.54, 1.807) is 29.2 Å². The SMILES string of the molecule is CCCC1CCCN(C(=O)c2cncn2-c2ccc(F)cc2)CC1. The van der Waals surface area contributed by atoms with Crippen molar-refractivity contribution in [3.8, 4) is 5.69 Å². The van der Waals surface area contributed by atoms with Gasteiger partial charge in [-0.3, -0.25) is 9.36 Å². The molecule has 2 heterocycles. The summed E-state index contributed by atoms with van der Waals surface area (Å²) in [6.45, 7) is 3.82. The first-order valence-electron chi connectivity index (χ1n) is 8.76. The van der Waals surface area contributed by atoms with Gasteiger partial charge in [0.2, 0.25) is 0 Å². The van der Waals surface area contributed by atoms with Crippen molar-refractivity contribution in [1.82, 2.24) is 14.5 Å². The van der Waals surface area contributed by atoms with Gasteiger partial charge < -0.3 is 4.90 Å². The first-order valence-corrected chi connectivity index (χ1v) is 8.76. The Morgan fingerprint density at radius 2 is 2.04 bits per heavy atom. The Kier molecular flexibility index (Phi) is 5.28. The third-order valence-electron chi connectivity index (χ3n) is 4.79. The molecule has 0 saturated carbocycles. The molecule has 1 saturated heterocycles. The number of benzene rings is 1. The average Bonchev–Trinajstić information content (AvgIpc) is 2.95. The van der Waals surface area contributed by atoms with Gasteiger partial charge in [-0.2, -0.15) is 0 Å². The van der Waals surface area contributed by atoms with E-state index in [9.17, 15) is 9.18 Å². The highest BCUT2D eigenvalue weighted by molar-refractivity contribution is 5.93. The highest BCUT2D eigenvalue weighted by atomic mass is 19.1. The number of likely N-dealkylation sites (tertiary alicyclic amines) is 1. The third kappa shape index (κ3) is 3.66. The molecule has 1 aliphatic rings. The highest BCUT2D eigenvalue weighted by Crippen LogP contribution is 2.23. The van der Waals surface area contributed by atoms with E-state index in [4.69, 9.17) is 0 Å². The van der Waals surface area contributed by atoms with Gasteiger partial charge in [0.15, 0.2) is 0 Å². The van der Waals surface area contributed by atoms with Crippen molar-refractivity contribution in [2.24, 2.45) is 5.92 Å². The van der Waals surface area contributed by atoms with Crippen molar-refractivity contribution in [3.05, 3.63) is 48.3 Å². The fourth-order valence-electron chi connectivity index (χ4n) is 3.49. The molecule has 0 bridgehead atoms. The minimum Gasteiger partial charge on any atom is -0.337 e. The van der Waals surface area contributed by atoms with Crippen molar-refractivity contribution in [2.75, 3.05) is 13.1 Å². The van der Waals surface area contributed by atoms with Crippen molar-refractivity contribution >= 4 is 5.91 Å². The van der Waals surface area contributed by atoms with Crippen LogP contribution in [0.3, 0.4) is 0 Å². The van der Waals surface area contributed by atoms with E-state index >= 15 is 0 Å². The van der Waals surface area contributed by atoms with Crippen LogP contribution in [0.25, 0.3) is 5.69 Å². The van der Waals surface area contributed by atoms with E-state index < -0.39 is 0 Å². The number of imidazole rings is 1. The summed E-state index contributed by atoms with van der Waals surface area (Å²) in [7, 11) is 0. The first-order chi connectivity index (χ1) is 11.7. The minimum absolute atomic E-state index is 0.00831. The van der Waals surface area contributed by atoms with Crippen molar-refractivity contribution in [3.63, 3.8) is 0 Å². The van der Waals surface area contributed by atoms with Crippen molar-refractivity contribution < 1.29 is 9.18 Å². The van der Waals surface area contributed by atoms with Gasteiger partial charge >= 0.3 is 0 Å². The molecule has 4 nitrogen and oxygen atoms in total. The number of hydrogen-bond acceptors (Lipinski definition) is 2. The van der Waals surface area contributed by atoms with Crippen LogP contribution in [-0.2, 0) is 0 Å². The first kappa shape index (κ1) is 16.7. The number of amides is 1. The van der Waals surface area contributed by atoms with Gasteiger partial charge in [0.05, 0.1) is 12.5 Å². The number of halogens is 1. The maximum absolute atomic E-state index is 13.1. The van der Waals surface area contributed by atoms with Crippen LogP contribution in [0, 0.1) is 11.7 Å². The summed E-state index contributed by atoms with van der Waals surface area (Å²) in [6.07, 6.45) is 8.99. The smallest absolute Gasteiger partial charge is 0.272 e.